The molecule has 2 rings (SSSR count). The Morgan fingerprint density at radius 3 is 2.89 bits per heavy atom. The van der Waals surface area contributed by atoms with Crippen molar-refractivity contribution in [1.82, 2.24) is 4.90 Å². The summed E-state index contributed by atoms with van der Waals surface area (Å²) in [6, 6.07) is 7.17. The van der Waals surface area contributed by atoms with Crippen LogP contribution >= 0.6 is 11.8 Å². The molecule has 0 aliphatic carbocycles. The third kappa shape index (κ3) is 6.30. The van der Waals surface area contributed by atoms with E-state index in [9.17, 15) is 4.79 Å². The summed E-state index contributed by atoms with van der Waals surface area (Å²) in [7, 11) is 0. The van der Waals surface area contributed by atoms with Gasteiger partial charge in [0.15, 0.2) is 5.17 Å². The van der Waals surface area contributed by atoms with Crippen molar-refractivity contribution in [2.75, 3.05) is 24.2 Å². The monoisotopic (exact) mass is 399 g/mol. The molecule has 0 atom stereocenters. The van der Waals surface area contributed by atoms with E-state index in [2.05, 4.69) is 29.9 Å². The highest BCUT2D eigenvalue weighted by Gasteiger charge is 2.25. The standard InChI is InChI=1S/C22H29N3O2S/c1-4-7-8-13-18(12-5-2)25(22-23-16-11-17-28-22)21(26)24-19-14-9-10-15-20(19)27-6-3/h5,8-10,12-15H,2,4,6-7,11,16-17H2,1,3H3,(H,24,26)/b13-8?,18-12+. The smallest absolute Gasteiger partial charge is 0.332 e. The first-order chi connectivity index (χ1) is 13.7. The maximum absolute atomic E-state index is 13.3. The molecule has 0 spiro atoms. The van der Waals surface area contributed by atoms with Crippen molar-refractivity contribution >= 4 is 28.6 Å². The first-order valence-corrected chi connectivity index (χ1v) is 10.7. The number of nitrogens with one attached hydrogen (secondary N) is 1. The maximum atomic E-state index is 13.3. The van der Waals surface area contributed by atoms with E-state index in [1.54, 1.807) is 22.7 Å². The Hall–Kier alpha value is -2.47. The molecule has 0 bridgehead atoms. The summed E-state index contributed by atoms with van der Waals surface area (Å²) in [5.74, 6) is 1.59. The minimum Gasteiger partial charge on any atom is -0.492 e. The Balaban J connectivity index is 2.35. The highest BCUT2D eigenvalue weighted by Crippen LogP contribution is 2.26. The van der Waals surface area contributed by atoms with E-state index in [4.69, 9.17) is 4.74 Å². The van der Waals surface area contributed by atoms with Crippen LogP contribution in [0.3, 0.4) is 0 Å². The summed E-state index contributed by atoms with van der Waals surface area (Å²) in [5.41, 5.74) is 1.37. The van der Waals surface area contributed by atoms with Gasteiger partial charge in [0.1, 0.15) is 5.75 Å². The van der Waals surface area contributed by atoms with E-state index < -0.39 is 0 Å². The van der Waals surface area contributed by atoms with Crippen molar-refractivity contribution in [3.8, 4) is 5.75 Å². The number of benzene rings is 1. The lowest BCUT2D eigenvalue weighted by Crippen LogP contribution is -2.38. The van der Waals surface area contributed by atoms with Crippen molar-refractivity contribution < 1.29 is 9.53 Å². The maximum Gasteiger partial charge on any atom is 0.332 e. The molecular weight excluding hydrogens is 370 g/mol. The summed E-state index contributed by atoms with van der Waals surface area (Å²) in [6.07, 6.45) is 10.5. The predicted octanol–water partition coefficient (Wildman–Crippen LogP) is 5.84. The highest BCUT2D eigenvalue weighted by molar-refractivity contribution is 8.13. The minimum atomic E-state index is -0.269. The fourth-order valence-electron chi connectivity index (χ4n) is 2.62. The van der Waals surface area contributed by atoms with Crippen molar-refractivity contribution in [1.29, 1.82) is 0 Å². The molecule has 0 fully saturated rings. The lowest BCUT2D eigenvalue weighted by Gasteiger charge is -2.27. The molecule has 1 N–H and O–H groups in total. The van der Waals surface area contributed by atoms with Crippen LogP contribution in [0.1, 0.15) is 33.1 Å². The first-order valence-electron chi connectivity index (χ1n) is 9.70. The molecule has 0 saturated heterocycles. The van der Waals surface area contributed by atoms with Crippen LogP contribution in [0.2, 0.25) is 0 Å². The number of nitrogens with zero attached hydrogens (tertiary/aromatic N) is 2. The Morgan fingerprint density at radius 2 is 2.21 bits per heavy atom. The molecule has 1 aliphatic heterocycles. The zero-order valence-corrected chi connectivity index (χ0v) is 17.5. The van der Waals surface area contributed by atoms with Gasteiger partial charge in [0.25, 0.3) is 0 Å². The predicted molar refractivity (Wildman–Crippen MR) is 120 cm³/mol. The number of carbonyl (C=O) groups is 1. The number of urea groups is 1. The lowest BCUT2D eigenvalue weighted by atomic mass is 10.2. The Bertz CT molecular complexity index is 756. The Labute approximate surface area is 172 Å². The van der Waals surface area contributed by atoms with Crippen molar-refractivity contribution in [2.24, 2.45) is 4.99 Å². The third-order valence-electron chi connectivity index (χ3n) is 3.89. The Kier molecular flexibility index (Phi) is 9.42. The molecule has 150 valence electrons. The number of ether oxygens (including phenoxy) is 1. The molecule has 28 heavy (non-hydrogen) atoms. The van der Waals surface area contributed by atoms with Gasteiger partial charge in [0.2, 0.25) is 0 Å². The number of aliphatic imine (C=N–C) groups is 1. The first kappa shape index (κ1) is 21.8. The number of unbranched alkanes of at least 4 members (excludes halogenated alkanes) is 1. The lowest BCUT2D eigenvalue weighted by molar-refractivity contribution is 0.241. The molecule has 2 amide bonds. The quantitative estimate of drug-likeness (QED) is 0.559. The second-order valence-electron chi connectivity index (χ2n) is 6.08. The van der Waals surface area contributed by atoms with E-state index in [1.165, 1.54) is 0 Å². The third-order valence-corrected chi connectivity index (χ3v) is 4.96. The number of para-hydroxylation sites is 2. The van der Waals surface area contributed by atoms with Crippen LogP contribution in [-0.4, -0.2) is 35.0 Å². The summed E-state index contributed by atoms with van der Waals surface area (Å²) < 4.78 is 5.64. The van der Waals surface area contributed by atoms with Gasteiger partial charge in [-0.3, -0.25) is 4.99 Å². The number of amidine groups is 1. The SMILES string of the molecule is C=C/C=C(\C=CCCC)N(C(=O)Nc1ccccc1OCC)C1=NCCCS1. The number of hydrogen-bond donors (Lipinski definition) is 1. The van der Waals surface area contributed by atoms with Crippen LogP contribution in [-0.2, 0) is 0 Å². The topological polar surface area (TPSA) is 53.9 Å². The average Bonchev–Trinajstić information content (AvgIpc) is 2.71. The molecule has 1 aromatic rings. The number of allylic oxidation sites excluding steroid dienone is 4. The molecule has 5 nitrogen and oxygen atoms in total. The summed E-state index contributed by atoms with van der Waals surface area (Å²) >= 11 is 1.59. The summed E-state index contributed by atoms with van der Waals surface area (Å²) in [5, 5.41) is 3.68. The molecule has 0 unspecified atom stereocenters. The number of thioether (sulfide) groups is 1. The number of hydrogen-bond acceptors (Lipinski definition) is 4. The van der Waals surface area contributed by atoms with Crippen molar-refractivity contribution in [2.45, 2.75) is 33.1 Å². The summed E-state index contributed by atoms with van der Waals surface area (Å²) in [6.45, 7) is 9.10. The minimum absolute atomic E-state index is 0.269. The molecule has 1 heterocycles. The molecule has 6 heteroatoms. The van der Waals surface area contributed by atoms with E-state index in [1.807, 2.05) is 43.3 Å². The van der Waals surface area contributed by atoms with Gasteiger partial charge < -0.3 is 10.1 Å². The molecule has 0 aromatic heterocycles. The van der Waals surface area contributed by atoms with Crippen LogP contribution < -0.4 is 10.1 Å². The normalized spacial score (nSPS) is 14.5. The molecule has 1 aromatic carbocycles. The fraction of sp³-hybridized carbons (Fsp3) is 0.364. The number of amides is 2. The van der Waals surface area contributed by atoms with Crippen molar-refractivity contribution in [3.05, 3.63) is 60.8 Å². The van der Waals surface area contributed by atoms with Gasteiger partial charge >= 0.3 is 6.03 Å². The summed E-state index contributed by atoms with van der Waals surface area (Å²) in [4.78, 5) is 19.5. The van der Waals surface area contributed by atoms with Gasteiger partial charge in [0, 0.05) is 12.3 Å². The molecule has 0 saturated carbocycles. The van der Waals surface area contributed by atoms with E-state index >= 15 is 0 Å². The molecular formula is C22H29N3O2S. The van der Waals surface area contributed by atoms with E-state index in [-0.39, 0.29) is 6.03 Å². The van der Waals surface area contributed by atoms with Crippen LogP contribution in [0.5, 0.6) is 5.75 Å². The van der Waals surface area contributed by atoms with Crippen molar-refractivity contribution in [3.63, 3.8) is 0 Å². The largest absolute Gasteiger partial charge is 0.492 e. The van der Waals surface area contributed by atoms with E-state index in [0.717, 1.165) is 37.3 Å². The second-order valence-corrected chi connectivity index (χ2v) is 7.14. The van der Waals surface area contributed by atoms with Gasteiger partial charge in [0.05, 0.1) is 18.0 Å². The average molecular weight is 400 g/mol. The van der Waals surface area contributed by atoms with Gasteiger partial charge in [-0.2, -0.15) is 0 Å². The number of anilines is 1. The highest BCUT2D eigenvalue weighted by atomic mass is 32.2. The van der Waals surface area contributed by atoms with Crippen LogP contribution in [0, 0.1) is 0 Å². The van der Waals surface area contributed by atoms with Crippen LogP contribution in [0.25, 0.3) is 0 Å². The zero-order chi connectivity index (χ0) is 20.2. The van der Waals surface area contributed by atoms with Crippen LogP contribution in [0.4, 0.5) is 10.5 Å². The zero-order valence-electron chi connectivity index (χ0n) is 16.7. The van der Waals surface area contributed by atoms with Gasteiger partial charge in [-0.1, -0.05) is 56.0 Å². The van der Waals surface area contributed by atoms with E-state index in [0.29, 0.717) is 23.2 Å². The molecule has 0 radical (unpaired) electrons. The molecule has 1 aliphatic rings. The number of rotatable bonds is 8. The van der Waals surface area contributed by atoms with Gasteiger partial charge in [-0.15, -0.1) is 0 Å². The van der Waals surface area contributed by atoms with Crippen LogP contribution in [0.15, 0.2) is 65.8 Å². The second kappa shape index (κ2) is 12.1. The fourth-order valence-corrected chi connectivity index (χ4v) is 3.57. The van der Waals surface area contributed by atoms with Gasteiger partial charge in [-0.25, -0.2) is 9.69 Å². The number of carbonyl (C=O) groups excluding carboxylic acids is 1. The van der Waals surface area contributed by atoms with Gasteiger partial charge in [-0.05, 0) is 44.1 Å². The Morgan fingerprint density at radius 1 is 1.39 bits per heavy atom.